The van der Waals surface area contributed by atoms with Gasteiger partial charge in [0.25, 0.3) is 0 Å². The molecular formula is C18H31Cl2N3O4. The molecule has 0 aliphatic heterocycles. The van der Waals surface area contributed by atoms with Gasteiger partial charge in [-0.15, -0.1) is 24.8 Å². The molecule has 0 saturated heterocycles. The van der Waals surface area contributed by atoms with Crippen molar-refractivity contribution in [3.8, 4) is 11.5 Å². The Morgan fingerprint density at radius 1 is 1.26 bits per heavy atom. The Hall–Kier alpha value is -1.67. The largest absolute Gasteiger partial charge is 0.493 e. The van der Waals surface area contributed by atoms with Gasteiger partial charge in [0.2, 0.25) is 0 Å². The highest BCUT2D eigenvalue weighted by Crippen LogP contribution is 2.35. The molecule has 0 aliphatic rings. The molecule has 9 heteroatoms. The van der Waals surface area contributed by atoms with Gasteiger partial charge in [0.05, 0.1) is 20.3 Å². The molecule has 0 bridgehead atoms. The Kier molecular flexibility index (Phi) is 12.9. The topological polar surface area (TPSA) is 109 Å². The molecular weight excluding hydrogens is 393 g/mol. The third-order valence-corrected chi connectivity index (χ3v) is 3.54. The van der Waals surface area contributed by atoms with Gasteiger partial charge in [-0.05, 0) is 38.5 Å². The molecule has 7 nitrogen and oxygen atoms in total. The maximum absolute atomic E-state index is 10.4. The molecule has 0 saturated carbocycles. The number of halogens is 2. The van der Waals surface area contributed by atoms with E-state index in [1.54, 1.807) is 26.4 Å². The van der Waals surface area contributed by atoms with E-state index in [2.05, 4.69) is 10.5 Å². The van der Waals surface area contributed by atoms with E-state index in [-0.39, 0.29) is 36.2 Å². The van der Waals surface area contributed by atoms with Gasteiger partial charge in [0, 0.05) is 24.1 Å². The second-order valence-corrected chi connectivity index (χ2v) is 6.72. The second-order valence-electron chi connectivity index (χ2n) is 6.72. The molecule has 156 valence electrons. The van der Waals surface area contributed by atoms with Crippen molar-refractivity contribution in [2.45, 2.75) is 38.8 Å². The monoisotopic (exact) mass is 423 g/mol. The third-order valence-electron chi connectivity index (χ3n) is 3.54. The molecule has 1 aromatic rings. The van der Waals surface area contributed by atoms with Crippen LogP contribution in [0, 0.1) is 0 Å². The van der Waals surface area contributed by atoms with Crippen LogP contribution in [0.25, 0.3) is 6.08 Å². The lowest BCUT2D eigenvalue weighted by Gasteiger charge is -2.24. The molecule has 0 aromatic heterocycles. The van der Waals surface area contributed by atoms with Gasteiger partial charge in [-0.3, -0.25) is 0 Å². The average molecular weight is 424 g/mol. The van der Waals surface area contributed by atoms with E-state index in [9.17, 15) is 5.11 Å². The van der Waals surface area contributed by atoms with Gasteiger partial charge in [-0.2, -0.15) is 0 Å². The van der Waals surface area contributed by atoms with Crippen LogP contribution in [0.4, 0.5) is 0 Å². The maximum atomic E-state index is 10.4. The van der Waals surface area contributed by atoms with Crippen LogP contribution < -0.4 is 20.5 Å². The van der Waals surface area contributed by atoms with Crippen LogP contribution in [0.15, 0.2) is 23.4 Å². The zero-order chi connectivity index (χ0) is 19.0. The van der Waals surface area contributed by atoms with Gasteiger partial charge >= 0.3 is 0 Å². The predicted molar refractivity (Wildman–Crippen MR) is 114 cm³/mol. The van der Waals surface area contributed by atoms with Crippen molar-refractivity contribution >= 4 is 36.7 Å². The normalized spacial score (nSPS) is 12.9. The second kappa shape index (κ2) is 12.7. The number of aliphatic hydroxyl groups is 1. The smallest absolute Gasteiger partial charge is 0.164 e. The van der Waals surface area contributed by atoms with Crippen molar-refractivity contribution in [2.24, 2.45) is 10.9 Å². The number of β-amino-alcohol motifs (C(OH)–C–C–N with tert-alkyl or cyclic N) is 1. The van der Waals surface area contributed by atoms with Crippen LogP contribution in [0.5, 0.6) is 11.5 Å². The number of nitrogens with zero attached hydrogens (tertiary/aromatic N) is 1. The van der Waals surface area contributed by atoms with Gasteiger partial charge in [0.1, 0.15) is 0 Å². The summed E-state index contributed by atoms with van der Waals surface area (Å²) in [6.45, 7) is 6.55. The molecule has 0 heterocycles. The third kappa shape index (κ3) is 9.19. The van der Waals surface area contributed by atoms with Gasteiger partial charge in [-0.25, -0.2) is 0 Å². The predicted octanol–water partition coefficient (Wildman–Crippen LogP) is 2.60. The Morgan fingerprint density at radius 2 is 1.89 bits per heavy atom. The summed E-state index contributed by atoms with van der Waals surface area (Å²) in [7, 11) is 3.11. The number of nitrogens with two attached hydrogens (primary N) is 1. The van der Waals surface area contributed by atoms with Crippen molar-refractivity contribution in [3.63, 3.8) is 0 Å². The zero-order valence-corrected chi connectivity index (χ0v) is 18.0. The van der Waals surface area contributed by atoms with Gasteiger partial charge in [-0.1, -0.05) is 17.3 Å². The van der Waals surface area contributed by atoms with Gasteiger partial charge in [0.15, 0.2) is 17.3 Å². The average Bonchev–Trinajstić information content (AvgIpc) is 2.57. The quantitative estimate of drug-likeness (QED) is 0.221. The lowest BCUT2D eigenvalue weighted by Crippen LogP contribution is -2.41. The molecule has 0 fully saturated rings. The molecule has 1 rings (SSSR count). The molecule has 27 heavy (non-hydrogen) atoms. The van der Waals surface area contributed by atoms with Crippen LogP contribution in [0.1, 0.15) is 31.9 Å². The first-order valence-corrected chi connectivity index (χ1v) is 8.04. The summed E-state index contributed by atoms with van der Waals surface area (Å²) < 4.78 is 10.8. The number of nitrogens with one attached hydrogen (secondary N) is 1. The van der Waals surface area contributed by atoms with E-state index >= 15 is 0 Å². The molecule has 0 radical (unpaired) electrons. The minimum atomic E-state index is -0.615. The molecule has 1 unspecified atom stereocenters. The summed E-state index contributed by atoms with van der Waals surface area (Å²) in [5.41, 5.74) is 6.98. The zero-order valence-electron chi connectivity index (χ0n) is 16.4. The summed E-state index contributed by atoms with van der Waals surface area (Å²) in [4.78, 5) is 0. The number of aliphatic hydroxyl groups excluding tert-OH is 1. The summed E-state index contributed by atoms with van der Waals surface area (Å²) in [5, 5.41) is 25.3. The molecule has 0 aliphatic carbocycles. The highest BCUT2D eigenvalue weighted by atomic mass is 35.5. The molecule has 1 aromatic carbocycles. The Bertz CT molecular complexity index is 632. The minimum absolute atomic E-state index is 0. The lowest BCUT2D eigenvalue weighted by atomic mass is 9.98. The fourth-order valence-corrected chi connectivity index (χ4v) is 2.31. The Morgan fingerprint density at radius 3 is 2.37 bits per heavy atom. The Labute approximate surface area is 173 Å². The van der Waals surface area contributed by atoms with Crippen molar-refractivity contribution in [2.75, 3.05) is 20.8 Å². The fourth-order valence-electron chi connectivity index (χ4n) is 2.31. The highest BCUT2D eigenvalue weighted by molar-refractivity contribution is 5.94. The highest BCUT2D eigenvalue weighted by Gasteiger charge is 2.19. The van der Waals surface area contributed by atoms with Crippen LogP contribution in [0.2, 0.25) is 0 Å². The van der Waals surface area contributed by atoms with E-state index in [0.717, 1.165) is 11.1 Å². The van der Waals surface area contributed by atoms with E-state index < -0.39 is 6.10 Å². The minimum Gasteiger partial charge on any atom is -0.493 e. The number of oxime groups is 1. The molecule has 1 atom stereocenters. The number of hydrogen-bond donors (Lipinski definition) is 4. The maximum Gasteiger partial charge on any atom is 0.164 e. The van der Waals surface area contributed by atoms with E-state index in [1.807, 2.05) is 26.8 Å². The van der Waals surface area contributed by atoms with E-state index in [0.29, 0.717) is 24.5 Å². The number of ether oxygens (including phenoxy) is 2. The summed E-state index contributed by atoms with van der Waals surface area (Å²) in [6, 6.07) is 3.61. The van der Waals surface area contributed by atoms with Crippen molar-refractivity contribution in [1.29, 1.82) is 0 Å². The standard InChI is InChI=1S/C18H29N3O4.2ClH/c1-18(2,3)20-11-13(22)10-14-12(7-9-16(19)21-23)6-8-15(24-4)17(14)25-5;;/h6-9,13,20,22-23H,10-11H2,1-5H3,(H2,19,21);2*1H. The fraction of sp³-hybridized carbons (Fsp3) is 0.500. The van der Waals surface area contributed by atoms with Gasteiger partial charge < -0.3 is 30.8 Å². The summed E-state index contributed by atoms with van der Waals surface area (Å²) in [5.74, 6) is 1.11. The Balaban J connectivity index is 0. The lowest BCUT2D eigenvalue weighted by molar-refractivity contribution is 0.159. The molecule has 5 N–H and O–H groups in total. The van der Waals surface area contributed by atoms with E-state index in [1.165, 1.54) is 6.08 Å². The van der Waals surface area contributed by atoms with Crippen LogP contribution >= 0.6 is 24.8 Å². The van der Waals surface area contributed by atoms with Crippen LogP contribution in [0.3, 0.4) is 0 Å². The number of benzene rings is 1. The van der Waals surface area contributed by atoms with E-state index in [4.69, 9.17) is 20.4 Å². The number of amidine groups is 1. The number of methoxy groups -OCH3 is 2. The first kappa shape index (κ1) is 27.5. The molecule has 0 spiro atoms. The van der Waals surface area contributed by atoms with Crippen molar-refractivity contribution in [1.82, 2.24) is 5.32 Å². The molecule has 0 amide bonds. The summed E-state index contributed by atoms with van der Waals surface area (Å²) in [6.07, 6.45) is 2.93. The number of hydrogen-bond acceptors (Lipinski definition) is 6. The SMILES string of the molecule is COc1ccc(C=CC(N)=NO)c(CC(O)CNC(C)(C)C)c1OC.Cl.Cl. The summed E-state index contributed by atoms with van der Waals surface area (Å²) >= 11 is 0. The first-order valence-electron chi connectivity index (χ1n) is 8.04. The van der Waals surface area contributed by atoms with Crippen LogP contribution in [-0.4, -0.2) is 48.6 Å². The van der Waals surface area contributed by atoms with Crippen molar-refractivity contribution in [3.05, 3.63) is 29.3 Å². The first-order chi connectivity index (χ1) is 11.7. The van der Waals surface area contributed by atoms with Crippen LogP contribution in [-0.2, 0) is 6.42 Å². The number of rotatable bonds is 8. The van der Waals surface area contributed by atoms with Crippen molar-refractivity contribution < 1.29 is 19.8 Å².